The molecule has 5 nitrogen and oxygen atoms in total. The van der Waals surface area contributed by atoms with Crippen LogP contribution in [0.2, 0.25) is 5.02 Å². The first-order valence-corrected chi connectivity index (χ1v) is 9.12. The number of halogens is 1. The van der Waals surface area contributed by atoms with E-state index in [0.717, 1.165) is 42.0 Å². The topological polar surface area (TPSA) is 61.3 Å². The fourth-order valence-electron chi connectivity index (χ4n) is 2.96. The van der Waals surface area contributed by atoms with Gasteiger partial charge in [0, 0.05) is 36.1 Å². The summed E-state index contributed by atoms with van der Waals surface area (Å²) < 4.78 is 0. The zero-order valence-corrected chi connectivity index (χ0v) is 15.7. The summed E-state index contributed by atoms with van der Waals surface area (Å²) in [5.74, 6) is 2.73. The van der Waals surface area contributed by atoms with Crippen molar-refractivity contribution in [3.05, 3.63) is 46.2 Å². The van der Waals surface area contributed by atoms with Crippen LogP contribution < -0.4 is 10.2 Å². The number of benzene rings is 1. The van der Waals surface area contributed by atoms with Crippen molar-refractivity contribution >= 4 is 23.2 Å². The molecule has 0 saturated heterocycles. The third-order valence-corrected chi connectivity index (χ3v) is 4.65. The minimum Gasteiger partial charge on any atom is -0.394 e. The molecule has 0 bridgehead atoms. The Bertz CT molecular complexity index is 750. The van der Waals surface area contributed by atoms with E-state index in [-0.39, 0.29) is 18.6 Å². The summed E-state index contributed by atoms with van der Waals surface area (Å²) in [6.07, 6.45) is 0.951. The van der Waals surface area contributed by atoms with Crippen LogP contribution in [0.4, 0.5) is 11.6 Å². The summed E-state index contributed by atoms with van der Waals surface area (Å²) in [5, 5.41) is 13.3. The molecule has 1 aliphatic rings. The van der Waals surface area contributed by atoms with Gasteiger partial charge in [-0.3, -0.25) is 0 Å². The Morgan fingerprint density at radius 1 is 1.20 bits per heavy atom. The maximum Gasteiger partial charge on any atom is 0.135 e. The van der Waals surface area contributed by atoms with Crippen molar-refractivity contribution in [1.29, 1.82) is 0 Å². The molecule has 0 amide bonds. The van der Waals surface area contributed by atoms with E-state index >= 15 is 0 Å². The van der Waals surface area contributed by atoms with Gasteiger partial charge in [0.1, 0.15) is 17.5 Å². The van der Waals surface area contributed by atoms with Gasteiger partial charge in [0.05, 0.1) is 6.61 Å². The van der Waals surface area contributed by atoms with Gasteiger partial charge in [-0.15, -0.1) is 0 Å². The predicted molar refractivity (Wildman–Crippen MR) is 102 cm³/mol. The van der Waals surface area contributed by atoms with Crippen molar-refractivity contribution in [1.82, 2.24) is 9.97 Å². The van der Waals surface area contributed by atoms with Gasteiger partial charge in [-0.2, -0.15) is 0 Å². The van der Waals surface area contributed by atoms with E-state index in [1.807, 2.05) is 19.1 Å². The summed E-state index contributed by atoms with van der Waals surface area (Å²) in [7, 11) is 0. The number of nitrogens with zero attached hydrogens (tertiary/aromatic N) is 3. The Morgan fingerprint density at radius 2 is 2.00 bits per heavy atom. The molecule has 0 radical (unpaired) electrons. The van der Waals surface area contributed by atoms with E-state index in [4.69, 9.17) is 16.6 Å². The molecule has 0 saturated carbocycles. The van der Waals surface area contributed by atoms with E-state index < -0.39 is 0 Å². The second kappa shape index (κ2) is 7.58. The summed E-state index contributed by atoms with van der Waals surface area (Å²) in [5.41, 5.74) is 2.60. The van der Waals surface area contributed by atoms with Crippen molar-refractivity contribution in [2.75, 3.05) is 23.4 Å². The average Bonchev–Trinajstić information content (AvgIpc) is 2.60. The smallest absolute Gasteiger partial charge is 0.135 e. The highest BCUT2D eigenvalue weighted by atomic mass is 35.5. The summed E-state index contributed by atoms with van der Waals surface area (Å²) in [6.45, 7) is 7.89. The van der Waals surface area contributed by atoms with Crippen LogP contribution in [-0.2, 0) is 13.0 Å². The van der Waals surface area contributed by atoms with E-state index in [9.17, 15) is 5.11 Å². The first kappa shape index (κ1) is 18.0. The molecule has 0 fully saturated rings. The number of aliphatic hydroxyl groups is 1. The number of nitrogens with one attached hydrogen (secondary N) is 1. The normalized spacial score (nSPS) is 15.2. The average molecular weight is 361 g/mol. The lowest BCUT2D eigenvalue weighted by Crippen LogP contribution is -2.31. The Labute approximate surface area is 154 Å². The molecule has 2 N–H and O–H groups in total. The van der Waals surface area contributed by atoms with Gasteiger partial charge < -0.3 is 15.3 Å². The number of aliphatic hydroxyl groups excluding tert-OH is 1. The maximum atomic E-state index is 9.30. The molecule has 1 aromatic heterocycles. The molecule has 1 atom stereocenters. The number of anilines is 2. The maximum absolute atomic E-state index is 9.30. The van der Waals surface area contributed by atoms with Crippen LogP contribution in [0.3, 0.4) is 0 Å². The first-order chi connectivity index (χ1) is 12.0. The van der Waals surface area contributed by atoms with Gasteiger partial charge in [0.15, 0.2) is 0 Å². The highest BCUT2D eigenvalue weighted by Gasteiger charge is 2.20. The predicted octanol–water partition coefficient (Wildman–Crippen LogP) is 3.61. The van der Waals surface area contributed by atoms with Gasteiger partial charge in [0.25, 0.3) is 0 Å². The zero-order valence-electron chi connectivity index (χ0n) is 15.0. The molecule has 2 aromatic rings. The van der Waals surface area contributed by atoms with Crippen LogP contribution in [0.25, 0.3) is 0 Å². The van der Waals surface area contributed by atoms with Crippen LogP contribution in [0.15, 0.2) is 24.3 Å². The lowest BCUT2D eigenvalue weighted by Gasteiger charge is -2.30. The second-order valence-electron chi connectivity index (χ2n) is 6.94. The van der Waals surface area contributed by atoms with Gasteiger partial charge in [-0.1, -0.05) is 31.5 Å². The van der Waals surface area contributed by atoms with Crippen LogP contribution in [-0.4, -0.2) is 34.3 Å². The number of hydrogen-bond acceptors (Lipinski definition) is 5. The van der Waals surface area contributed by atoms with Crippen LogP contribution in [0.1, 0.15) is 43.6 Å². The number of aromatic nitrogens is 2. The van der Waals surface area contributed by atoms with E-state index in [0.29, 0.717) is 0 Å². The Balaban J connectivity index is 1.89. The van der Waals surface area contributed by atoms with Gasteiger partial charge >= 0.3 is 0 Å². The molecule has 3 rings (SSSR count). The third-order valence-electron chi connectivity index (χ3n) is 4.42. The zero-order chi connectivity index (χ0) is 18.0. The van der Waals surface area contributed by atoms with Crippen molar-refractivity contribution in [2.45, 2.75) is 45.7 Å². The van der Waals surface area contributed by atoms with Gasteiger partial charge in [0.2, 0.25) is 0 Å². The highest BCUT2D eigenvalue weighted by molar-refractivity contribution is 6.30. The lowest BCUT2D eigenvalue weighted by atomic mass is 10.00. The van der Waals surface area contributed by atoms with Crippen LogP contribution in [0, 0.1) is 0 Å². The monoisotopic (exact) mass is 360 g/mol. The van der Waals surface area contributed by atoms with E-state index in [1.54, 1.807) is 0 Å². The molecular formula is C19H25ClN4O. The van der Waals surface area contributed by atoms with Crippen molar-refractivity contribution in [3.63, 3.8) is 0 Å². The minimum absolute atomic E-state index is 0.0491. The third kappa shape index (κ3) is 4.22. The lowest BCUT2D eigenvalue weighted by molar-refractivity contribution is 0.281. The standard InChI is InChI=1S/C19H25ClN4O/c1-12(2)19-22-17(21-13(3)11-25)9-18(23-19)24-7-6-14-8-16(20)5-4-15(14)10-24/h4-5,8-9,12-13,25H,6-7,10-11H2,1-3H3,(H,21,22,23)/t13-/m1/s1. The first-order valence-electron chi connectivity index (χ1n) is 8.75. The second-order valence-corrected chi connectivity index (χ2v) is 7.37. The minimum atomic E-state index is -0.0491. The largest absolute Gasteiger partial charge is 0.394 e. The van der Waals surface area contributed by atoms with Crippen LogP contribution >= 0.6 is 11.6 Å². The van der Waals surface area contributed by atoms with E-state index in [1.165, 1.54) is 11.1 Å². The Hall–Kier alpha value is -1.85. The van der Waals surface area contributed by atoms with Gasteiger partial charge in [-0.05, 0) is 36.6 Å². The van der Waals surface area contributed by atoms with E-state index in [2.05, 4.69) is 41.2 Å². The molecule has 134 valence electrons. The van der Waals surface area contributed by atoms with Crippen LogP contribution in [0.5, 0.6) is 0 Å². The van der Waals surface area contributed by atoms with Crippen molar-refractivity contribution < 1.29 is 5.11 Å². The summed E-state index contributed by atoms with van der Waals surface area (Å²) >= 11 is 6.11. The fourth-order valence-corrected chi connectivity index (χ4v) is 3.16. The highest BCUT2D eigenvalue weighted by Crippen LogP contribution is 2.27. The quantitative estimate of drug-likeness (QED) is 0.852. The molecular weight excluding hydrogens is 336 g/mol. The fraction of sp³-hybridized carbons (Fsp3) is 0.474. The van der Waals surface area contributed by atoms with Crippen molar-refractivity contribution in [2.24, 2.45) is 0 Å². The molecule has 6 heteroatoms. The SMILES string of the molecule is CC(C)c1nc(N[C@H](C)CO)cc(N2CCc3cc(Cl)ccc3C2)n1. The number of hydrogen-bond donors (Lipinski definition) is 2. The van der Waals surface area contributed by atoms with Crippen molar-refractivity contribution in [3.8, 4) is 0 Å². The Morgan fingerprint density at radius 3 is 2.72 bits per heavy atom. The van der Waals surface area contributed by atoms with Gasteiger partial charge in [-0.25, -0.2) is 9.97 Å². The number of rotatable bonds is 5. The Kier molecular flexibility index (Phi) is 5.45. The molecule has 0 unspecified atom stereocenters. The molecule has 2 heterocycles. The summed E-state index contributed by atoms with van der Waals surface area (Å²) in [4.78, 5) is 11.6. The molecule has 1 aromatic carbocycles. The number of fused-ring (bicyclic) bond motifs is 1. The molecule has 0 spiro atoms. The molecule has 25 heavy (non-hydrogen) atoms. The molecule has 0 aliphatic carbocycles. The summed E-state index contributed by atoms with van der Waals surface area (Å²) in [6, 6.07) is 8.02. The molecule has 1 aliphatic heterocycles.